The second-order valence-corrected chi connectivity index (χ2v) is 11.9. The number of carbonyl (C=O) groups excluding carboxylic acids is 2. The van der Waals surface area contributed by atoms with Crippen molar-refractivity contribution in [3.8, 4) is 0 Å². The van der Waals surface area contributed by atoms with E-state index in [-0.39, 0.29) is 0 Å². The van der Waals surface area contributed by atoms with Crippen molar-refractivity contribution >= 4 is 17.8 Å². The van der Waals surface area contributed by atoms with E-state index in [1.807, 2.05) is 0 Å². The fraction of sp³-hybridized carbons (Fsp3) is 0.889. The van der Waals surface area contributed by atoms with Crippen molar-refractivity contribution in [3.63, 3.8) is 0 Å². The van der Waals surface area contributed by atoms with Gasteiger partial charge in [0, 0.05) is 33.8 Å². The van der Waals surface area contributed by atoms with Gasteiger partial charge in [-0.25, -0.2) is 4.79 Å². The summed E-state index contributed by atoms with van der Waals surface area (Å²) in [7, 11) is 1.22. The van der Waals surface area contributed by atoms with E-state index < -0.39 is 148 Å². The third-order valence-corrected chi connectivity index (χ3v) is 8.29. The number of aliphatic hydroxyl groups excluding tert-OH is 9. The number of hydrogen-bond donors (Lipinski definition) is 12. The molecule has 0 saturated carbocycles. The van der Waals surface area contributed by atoms with Crippen molar-refractivity contribution in [1.29, 1.82) is 0 Å². The molecule has 21 nitrogen and oxygen atoms in total. The average Bonchev–Trinajstić information content (AvgIpc) is 3.13. The maximum absolute atomic E-state index is 12.5. The minimum atomic E-state index is -2.78. The number of carboxylic acids is 1. The lowest BCUT2D eigenvalue weighted by atomic mass is 9.88. The predicted molar refractivity (Wildman–Crippen MR) is 151 cm³/mol. The van der Waals surface area contributed by atoms with Gasteiger partial charge in [0.1, 0.15) is 54.9 Å². The maximum atomic E-state index is 12.5. The molecule has 21 heteroatoms. The Kier molecular flexibility index (Phi) is 14.4. The topological polar surface area (TPSA) is 333 Å². The highest BCUT2D eigenvalue weighted by Gasteiger charge is 2.56. The summed E-state index contributed by atoms with van der Waals surface area (Å²) in [6, 6.07) is -2.70. The molecule has 3 aliphatic heterocycles. The van der Waals surface area contributed by atoms with Gasteiger partial charge in [0.15, 0.2) is 12.6 Å². The van der Waals surface area contributed by atoms with Gasteiger partial charge in [-0.2, -0.15) is 0 Å². The molecule has 0 bridgehead atoms. The molecule has 3 heterocycles. The number of carboxylic acid groups (broad SMARTS) is 1. The number of carbonyl (C=O) groups is 3. The Morgan fingerprint density at radius 2 is 1.52 bits per heavy atom. The van der Waals surface area contributed by atoms with Gasteiger partial charge in [-0.3, -0.25) is 9.59 Å². The van der Waals surface area contributed by atoms with Crippen LogP contribution in [0.1, 0.15) is 26.7 Å². The van der Waals surface area contributed by atoms with E-state index in [0.29, 0.717) is 0 Å². The van der Waals surface area contributed by atoms with Gasteiger partial charge in [-0.15, -0.1) is 0 Å². The first kappa shape index (κ1) is 40.2. The van der Waals surface area contributed by atoms with Crippen LogP contribution in [-0.2, 0) is 42.8 Å². The molecule has 3 fully saturated rings. The maximum Gasteiger partial charge on any atom is 0.364 e. The second kappa shape index (κ2) is 17.2. The smallest absolute Gasteiger partial charge is 0.364 e. The summed E-state index contributed by atoms with van der Waals surface area (Å²) in [6.45, 7) is -0.335. The van der Waals surface area contributed by atoms with Crippen LogP contribution in [0.15, 0.2) is 0 Å². The van der Waals surface area contributed by atoms with Gasteiger partial charge in [-0.1, -0.05) is 0 Å². The van der Waals surface area contributed by atoms with Gasteiger partial charge >= 0.3 is 5.97 Å². The van der Waals surface area contributed by atoms with Crippen molar-refractivity contribution in [2.24, 2.45) is 0 Å². The van der Waals surface area contributed by atoms with Crippen LogP contribution < -0.4 is 10.6 Å². The van der Waals surface area contributed by atoms with Gasteiger partial charge in [0.05, 0.1) is 44.2 Å². The predicted octanol–water partition coefficient (Wildman–Crippen LogP) is -7.04. The van der Waals surface area contributed by atoms with Crippen LogP contribution in [-0.4, -0.2) is 193 Å². The highest BCUT2D eigenvalue weighted by atomic mass is 16.8. The highest BCUT2D eigenvalue weighted by Crippen LogP contribution is 2.35. The third kappa shape index (κ3) is 9.12. The molecule has 8 unspecified atom stereocenters. The molecule has 12 N–H and O–H groups in total. The molecule has 0 aliphatic carbocycles. The second-order valence-electron chi connectivity index (χ2n) is 11.9. The molecular weight excluding hydrogens is 656 g/mol. The Balaban J connectivity index is 1.86. The molecule has 0 spiro atoms. The average molecular weight is 703 g/mol. The molecule has 3 aliphatic rings. The van der Waals surface area contributed by atoms with Crippen LogP contribution in [0.5, 0.6) is 0 Å². The first-order valence-corrected chi connectivity index (χ1v) is 15.1. The summed E-state index contributed by atoms with van der Waals surface area (Å²) in [6.07, 6.45) is -23.6. The normalized spacial score (nSPS) is 41.9. The van der Waals surface area contributed by atoms with Gasteiger partial charge in [0.25, 0.3) is 5.79 Å². The quantitative estimate of drug-likeness (QED) is 0.0848. The Morgan fingerprint density at radius 1 is 0.896 bits per heavy atom. The number of rotatable bonds is 13. The molecule has 3 rings (SSSR count). The molecule has 0 aromatic carbocycles. The molecule has 0 radical (unpaired) electrons. The number of ether oxygens (including phenoxy) is 6. The van der Waals surface area contributed by atoms with E-state index >= 15 is 0 Å². The Morgan fingerprint density at radius 3 is 2.06 bits per heavy atom. The van der Waals surface area contributed by atoms with Crippen LogP contribution in [0.25, 0.3) is 0 Å². The van der Waals surface area contributed by atoms with E-state index in [1.54, 1.807) is 0 Å². The van der Waals surface area contributed by atoms with Crippen LogP contribution >= 0.6 is 0 Å². The van der Waals surface area contributed by atoms with Crippen LogP contribution in [0, 0.1) is 0 Å². The van der Waals surface area contributed by atoms with Crippen molar-refractivity contribution in [3.05, 3.63) is 0 Å². The molecular formula is C27H46N2O19. The molecule has 2 amide bonds. The molecule has 48 heavy (non-hydrogen) atoms. The number of aliphatic hydroxyl groups is 9. The fourth-order valence-electron chi connectivity index (χ4n) is 5.83. The lowest BCUT2D eigenvalue weighted by molar-refractivity contribution is -0.332. The summed E-state index contributed by atoms with van der Waals surface area (Å²) < 4.78 is 33.4. The summed E-state index contributed by atoms with van der Waals surface area (Å²) in [5, 5.41) is 109. The number of hydrogen-bond acceptors (Lipinski definition) is 18. The fourth-order valence-corrected chi connectivity index (χ4v) is 5.83. The van der Waals surface area contributed by atoms with E-state index in [2.05, 4.69) is 10.6 Å². The van der Waals surface area contributed by atoms with Crippen molar-refractivity contribution in [2.45, 2.75) is 124 Å². The number of nitrogens with one attached hydrogen (secondary N) is 2. The monoisotopic (exact) mass is 702 g/mol. The largest absolute Gasteiger partial charge is 0.477 e. The third-order valence-electron chi connectivity index (χ3n) is 8.29. The minimum absolute atomic E-state index is 0.506. The zero-order valence-electron chi connectivity index (χ0n) is 26.3. The lowest BCUT2D eigenvalue weighted by Gasteiger charge is -2.46. The molecule has 3 saturated heterocycles. The van der Waals surface area contributed by atoms with E-state index in [1.165, 1.54) is 7.11 Å². The van der Waals surface area contributed by atoms with Crippen molar-refractivity contribution < 1.29 is 93.9 Å². The minimum Gasteiger partial charge on any atom is -0.477 e. The Labute approximate surface area is 273 Å². The first-order chi connectivity index (χ1) is 22.5. The Bertz CT molecular complexity index is 1090. The zero-order valence-corrected chi connectivity index (χ0v) is 26.3. The summed E-state index contributed by atoms with van der Waals surface area (Å²) >= 11 is 0. The first-order valence-electron chi connectivity index (χ1n) is 15.1. The van der Waals surface area contributed by atoms with E-state index in [0.717, 1.165) is 13.8 Å². The summed E-state index contributed by atoms with van der Waals surface area (Å²) in [5.74, 6) is -5.90. The van der Waals surface area contributed by atoms with Gasteiger partial charge in [0.2, 0.25) is 11.8 Å². The Hall–Kier alpha value is -2.19. The zero-order chi connectivity index (χ0) is 36.1. The lowest BCUT2D eigenvalue weighted by Crippen LogP contribution is -2.68. The van der Waals surface area contributed by atoms with Crippen LogP contribution in [0.4, 0.5) is 0 Å². The van der Waals surface area contributed by atoms with E-state index in [9.17, 15) is 65.4 Å². The van der Waals surface area contributed by atoms with Crippen LogP contribution in [0.2, 0.25) is 0 Å². The van der Waals surface area contributed by atoms with Crippen molar-refractivity contribution in [1.82, 2.24) is 10.6 Å². The molecule has 0 aromatic rings. The summed E-state index contributed by atoms with van der Waals surface area (Å²) in [5.41, 5.74) is 0. The molecule has 278 valence electrons. The van der Waals surface area contributed by atoms with Crippen molar-refractivity contribution in [2.75, 3.05) is 26.9 Å². The number of amides is 2. The summed E-state index contributed by atoms with van der Waals surface area (Å²) in [4.78, 5) is 36.0. The molecule has 16 atom stereocenters. The molecule has 0 aromatic heterocycles. The van der Waals surface area contributed by atoms with Crippen LogP contribution in [0.3, 0.4) is 0 Å². The number of methoxy groups -OCH3 is 1. The van der Waals surface area contributed by atoms with Gasteiger partial charge < -0.3 is 90.1 Å². The SMILES string of the molecule is CO[C@@H]1OC(CO)[C@@H](O[C@@H]2OC(CO[C@]3(C(=O)O)CC(O)[C@@H](NC(C)=O)C([C@H](O)[C@H](O)CO)O3)C[C@@H](O)C(O)C2O)C(O)C1NC(C)=O. The van der Waals surface area contributed by atoms with E-state index in [4.69, 9.17) is 28.4 Å². The highest BCUT2D eigenvalue weighted by molar-refractivity contribution is 5.76. The van der Waals surface area contributed by atoms with Gasteiger partial charge in [-0.05, 0) is 0 Å². The standard InChI is InChI=1S/C27H46N2O19/c1-9(32)28-16-13(35)5-27(26(41)42,48-23(16)19(38)14(36)6-30)44-8-11-4-12(34)18(37)21(40)25(45-11)47-22-15(7-31)46-24(43-3)17(20(22)39)29-10(2)33/h11-25,30-31,34-40H,4-8H2,1-3H3,(H,28,32)(H,29,33)(H,41,42)/t11?,12-,13?,14-,15?,16-,17?,18?,19-,20?,21?,22-,23?,24-,25+,27-/m1/s1. The number of aliphatic carboxylic acids is 1.